The van der Waals surface area contributed by atoms with Gasteiger partial charge in [0.2, 0.25) is 11.5 Å². The zero-order valence-electron chi connectivity index (χ0n) is 9.34. The van der Waals surface area contributed by atoms with E-state index in [1.807, 2.05) is 19.9 Å². The van der Waals surface area contributed by atoms with Crippen molar-refractivity contribution < 1.29 is 4.79 Å². The van der Waals surface area contributed by atoms with Gasteiger partial charge >= 0.3 is 0 Å². The molecule has 0 saturated carbocycles. The van der Waals surface area contributed by atoms with Gasteiger partial charge in [-0.2, -0.15) is 0 Å². The quantitative estimate of drug-likeness (QED) is 0.774. The fraction of sp³-hybridized carbons (Fsp3) is 0.455. The van der Waals surface area contributed by atoms with E-state index in [9.17, 15) is 9.59 Å². The van der Waals surface area contributed by atoms with E-state index in [1.165, 1.54) is 6.07 Å². The van der Waals surface area contributed by atoms with Gasteiger partial charge in [-0.15, -0.1) is 11.6 Å². The molecule has 88 valence electrons. The lowest BCUT2D eigenvalue weighted by Crippen LogP contribution is -2.38. The topological polar surface area (TPSA) is 62.0 Å². The molecule has 1 aromatic heterocycles. The van der Waals surface area contributed by atoms with Crippen LogP contribution in [0.5, 0.6) is 0 Å². The van der Waals surface area contributed by atoms with E-state index < -0.39 is 0 Å². The second-order valence-corrected chi connectivity index (χ2v) is 4.49. The number of rotatable bonds is 4. The van der Waals surface area contributed by atoms with E-state index in [2.05, 4.69) is 10.3 Å². The molecule has 0 aromatic carbocycles. The monoisotopic (exact) mass is 242 g/mol. The van der Waals surface area contributed by atoms with Gasteiger partial charge in [0.15, 0.2) is 0 Å². The highest BCUT2D eigenvalue weighted by atomic mass is 35.5. The van der Waals surface area contributed by atoms with Crippen LogP contribution in [-0.4, -0.2) is 23.3 Å². The maximum atomic E-state index is 11.2. The number of carbonyl (C=O) groups excluding carboxylic acids is 1. The van der Waals surface area contributed by atoms with E-state index in [-0.39, 0.29) is 22.8 Å². The Hall–Kier alpha value is -1.29. The number of carbonyl (C=O) groups is 1. The summed E-state index contributed by atoms with van der Waals surface area (Å²) in [5.41, 5.74) is 0.311. The average Bonchev–Trinajstić information content (AvgIpc) is 2.26. The lowest BCUT2D eigenvalue weighted by molar-refractivity contribution is -0.118. The molecule has 4 nitrogen and oxygen atoms in total. The molecule has 1 amide bonds. The summed E-state index contributed by atoms with van der Waals surface area (Å²) in [6, 6.07) is 4.98. The predicted molar refractivity (Wildman–Crippen MR) is 63.8 cm³/mol. The molecular formula is C11H15ClN2O2. The first kappa shape index (κ1) is 12.8. The molecule has 1 heterocycles. The van der Waals surface area contributed by atoms with Gasteiger partial charge in [0.1, 0.15) is 5.88 Å². The van der Waals surface area contributed by atoms with Crippen LogP contribution in [0.2, 0.25) is 0 Å². The van der Waals surface area contributed by atoms with Crippen molar-refractivity contribution in [2.45, 2.75) is 19.3 Å². The normalized spacial score (nSPS) is 11.2. The van der Waals surface area contributed by atoms with Gasteiger partial charge < -0.3 is 10.3 Å². The Labute approximate surface area is 99.0 Å². The first-order valence-electron chi connectivity index (χ1n) is 4.98. The Morgan fingerprint density at radius 2 is 2.19 bits per heavy atom. The van der Waals surface area contributed by atoms with Gasteiger partial charge in [0.25, 0.3) is 0 Å². The molecule has 1 aromatic rings. The molecule has 0 aliphatic carbocycles. The molecule has 0 aliphatic rings. The summed E-state index contributed by atoms with van der Waals surface area (Å²) in [4.78, 5) is 25.0. The molecule has 0 radical (unpaired) electrons. The molecular weight excluding hydrogens is 228 g/mol. The summed E-state index contributed by atoms with van der Waals surface area (Å²) in [7, 11) is 0. The summed E-state index contributed by atoms with van der Waals surface area (Å²) < 4.78 is 0. The number of nitrogens with one attached hydrogen (secondary N) is 2. The van der Waals surface area contributed by atoms with E-state index in [4.69, 9.17) is 11.6 Å². The third-order valence-electron chi connectivity index (χ3n) is 2.35. The first-order valence-corrected chi connectivity index (χ1v) is 5.51. The minimum Gasteiger partial charge on any atom is -0.354 e. The van der Waals surface area contributed by atoms with Gasteiger partial charge in [-0.25, -0.2) is 0 Å². The maximum Gasteiger partial charge on any atom is 0.248 e. The second kappa shape index (κ2) is 5.16. The number of amides is 1. The highest BCUT2D eigenvalue weighted by molar-refractivity contribution is 6.27. The minimum absolute atomic E-state index is 0.0542. The lowest BCUT2D eigenvalue weighted by Gasteiger charge is -2.24. The van der Waals surface area contributed by atoms with Gasteiger partial charge in [-0.1, -0.05) is 19.9 Å². The Morgan fingerprint density at radius 3 is 2.75 bits per heavy atom. The van der Waals surface area contributed by atoms with Gasteiger partial charge in [0, 0.05) is 23.7 Å². The van der Waals surface area contributed by atoms with Crippen molar-refractivity contribution in [1.82, 2.24) is 10.3 Å². The molecule has 0 atom stereocenters. The van der Waals surface area contributed by atoms with Gasteiger partial charge in [-0.05, 0) is 6.07 Å². The van der Waals surface area contributed by atoms with Crippen LogP contribution in [0.25, 0.3) is 0 Å². The highest BCUT2D eigenvalue weighted by Gasteiger charge is 2.22. The summed E-state index contributed by atoms with van der Waals surface area (Å²) in [5.74, 6) is -0.269. The van der Waals surface area contributed by atoms with Crippen molar-refractivity contribution in [2.75, 3.05) is 12.4 Å². The number of H-pyrrole nitrogens is 1. The number of hydrogen-bond acceptors (Lipinski definition) is 2. The minimum atomic E-state index is -0.331. The summed E-state index contributed by atoms with van der Waals surface area (Å²) >= 11 is 5.38. The highest BCUT2D eigenvalue weighted by Crippen LogP contribution is 2.18. The molecule has 0 spiro atoms. The lowest BCUT2D eigenvalue weighted by atomic mass is 9.88. The maximum absolute atomic E-state index is 11.2. The summed E-state index contributed by atoms with van der Waals surface area (Å²) in [6.07, 6.45) is 0. The van der Waals surface area contributed by atoms with Crippen LogP contribution in [0.3, 0.4) is 0 Å². The first-order chi connectivity index (χ1) is 7.45. The number of hydrogen-bond donors (Lipinski definition) is 2. The molecule has 2 N–H and O–H groups in total. The Bertz CT molecular complexity index is 426. The van der Waals surface area contributed by atoms with Crippen LogP contribution < -0.4 is 10.9 Å². The molecule has 0 unspecified atom stereocenters. The van der Waals surface area contributed by atoms with Crippen LogP contribution in [0.1, 0.15) is 19.5 Å². The molecule has 1 rings (SSSR count). The van der Waals surface area contributed by atoms with E-state index in [1.54, 1.807) is 6.07 Å². The van der Waals surface area contributed by atoms with Crippen LogP contribution >= 0.6 is 11.6 Å². The number of halogens is 1. The van der Waals surface area contributed by atoms with Crippen molar-refractivity contribution in [2.24, 2.45) is 0 Å². The largest absolute Gasteiger partial charge is 0.354 e. The van der Waals surface area contributed by atoms with Crippen molar-refractivity contribution in [3.05, 3.63) is 34.2 Å². The number of aromatic nitrogens is 1. The molecule has 0 saturated heterocycles. The predicted octanol–water partition coefficient (Wildman–Crippen LogP) is 1.01. The van der Waals surface area contributed by atoms with Crippen molar-refractivity contribution in [3.63, 3.8) is 0 Å². The van der Waals surface area contributed by atoms with Crippen LogP contribution in [0, 0.1) is 0 Å². The molecule has 5 heteroatoms. The number of pyridine rings is 1. The van der Waals surface area contributed by atoms with Gasteiger partial charge in [-0.3, -0.25) is 9.59 Å². The van der Waals surface area contributed by atoms with Gasteiger partial charge in [0.05, 0.1) is 0 Å². The number of aromatic amines is 1. The fourth-order valence-corrected chi connectivity index (χ4v) is 1.40. The zero-order chi connectivity index (χ0) is 12.2. The van der Waals surface area contributed by atoms with Crippen LogP contribution in [-0.2, 0) is 10.2 Å². The standard InChI is InChI=1S/C11H15ClN2O2/c1-11(2,7-13-10(16)6-12)8-4-3-5-9(15)14-8/h3-5H,6-7H2,1-2H3,(H,13,16)(H,14,15). The molecule has 0 fully saturated rings. The molecule has 0 bridgehead atoms. The van der Waals surface area contributed by atoms with E-state index in [0.717, 1.165) is 5.69 Å². The van der Waals surface area contributed by atoms with E-state index >= 15 is 0 Å². The average molecular weight is 243 g/mol. The second-order valence-electron chi connectivity index (χ2n) is 4.22. The SMILES string of the molecule is CC(C)(CNC(=O)CCl)c1cccc(=O)[nH]1. The number of alkyl halides is 1. The molecule has 16 heavy (non-hydrogen) atoms. The zero-order valence-corrected chi connectivity index (χ0v) is 10.1. The van der Waals surface area contributed by atoms with Crippen molar-refractivity contribution >= 4 is 17.5 Å². The third kappa shape index (κ3) is 3.38. The van der Waals surface area contributed by atoms with Crippen LogP contribution in [0.4, 0.5) is 0 Å². The molecule has 0 aliphatic heterocycles. The van der Waals surface area contributed by atoms with Crippen molar-refractivity contribution in [3.8, 4) is 0 Å². The summed E-state index contributed by atoms with van der Waals surface area (Å²) in [5, 5.41) is 2.70. The Morgan fingerprint density at radius 1 is 1.50 bits per heavy atom. The Balaban J connectivity index is 2.77. The van der Waals surface area contributed by atoms with Crippen molar-refractivity contribution in [1.29, 1.82) is 0 Å². The Kier molecular flexibility index (Phi) is 4.12. The smallest absolute Gasteiger partial charge is 0.248 e. The summed E-state index contributed by atoms with van der Waals surface area (Å²) in [6.45, 7) is 4.30. The third-order valence-corrected chi connectivity index (χ3v) is 2.59. The van der Waals surface area contributed by atoms with E-state index in [0.29, 0.717) is 6.54 Å². The van der Waals surface area contributed by atoms with Crippen LogP contribution in [0.15, 0.2) is 23.0 Å². The fourth-order valence-electron chi connectivity index (χ4n) is 1.30.